The van der Waals surface area contributed by atoms with E-state index in [4.69, 9.17) is 14.9 Å². The maximum Gasteiger partial charge on any atom is 0.277 e. The number of carbonyl (C=O) groups is 2. The zero-order valence-corrected chi connectivity index (χ0v) is 16.2. The fourth-order valence-corrected chi connectivity index (χ4v) is 2.45. The number of primary amides is 1. The Kier molecular flexibility index (Phi) is 5.88. The number of nitrogens with two attached hydrogens (primary N) is 1. The molecule has 29 heavy (non-hydrogen) atoms. The Morgan fingerprint density at radius 3 is 2.93 bits per heavy atom. The molecule has 0 saturated heterocycles. The minimum Gasteiger partial charge on any atom is -0.444 e. The molecule has 0 aromatic carbocycles. The summed E-state index contributed by atoms with van der Waals surface area (Å²) in [6.07, 6.45) is 4.33. The number of rotatable bonds is 8. The van der Waals surface area contributed by atoms with Gasteiger partial charge in [-0.1, -0.05) is 0 Å². The maximum absolute atomic E-state index is 12.5. The molecule has 0 saturated carbocycles. The van der Waals surface area contributed by atoms with E-state index in [1.165, 1.54) is 17.1 Å². The monoisotopic (exact) mass is 399 g/mol. The molecule has 2 amide bonds. The zero-order chi connectivity index (χ0) is 21.0. The van der Waals surface area contributed by atoms with Gasteiger partial charge in [0.05, 0.1) is 11.8 Å². The Balaban J connectivity index is 1.74. The molecule has 0 aliphatic heterocycles. The number of nitrogens with one attached hydrogen (secondary N) is 2. The average molecular weight is 399 g/mol. The fourth-order valence-electron chi connectivity index (χ4n) is 2.45. The van der Waals surface area contributed by atoms with Crippen LogP contribution in [-0.2, 0) is 11.8 Å². The fraction of sp³-hybridized carbons (Fsp3) is 0.278. The summed E-state index contributed by atoms with van der Waals surface area (Å²) in [7, 11) is 3.24. The number of ether oxygens (including phenoxy) is 1. The minimum atomic E-state index is -0.749. The Labute approximate surface area is 166 Å². The highest BCUT2D eigenvalue weighted by Crippen LogP contribution is 2.21. The molecule has 1 atom stereocenters. The van der Waals surface area contributed by atoms with Crippen molar-refractivity contribution < 1.29 is 18.7 Å². The molecular weight excluding hydrogens is 378 g/mol. The Morgan fingerprint density at radius 2 is 2.21 bits per heavy atom. The van der Waals surface area contributed by atoms with Gasteiger partial charge in [0, 0.05) is 38.7 Å². The predicted molar refractivity (Wildman–Crippen MR) is 104 cm³/mol. The molecule has 0 fully saturated rings. The van der Waals surface area contributed by atoms with Gasteiger partial charge in [-0.15, -0.1) is 0 Å². The van der Waals surface area contributed by atoms with Crippen molar-refractivity contribution in [2.45, 2.75) is 13.0 Å². The van der Waals surface area contributed by atoms with Crippen LogP contribution in [0, 0.1) is 0 Å². The summed E-state index contributed by atoms with van der Waals surface area (Å²) < 4.78 is 12.0. The number of pyridine rings is 1. The van der Waals surface area contributed by atoms with Gasteiger partial charge in [0.1, 0.15) is 12.1 Å². The lowest BCUT2D eigenvalue weighted by atomic mass is 10.2. The van der Waals surface area contributed by atoms with Crippen LogP contribution in [0.25, 0.3) is 11.5 Å². The Morgan fingerprint density at radius 1 is 1.41 bits per heavy atom. The number of methoxy groups -OCH3 is 1. The quantitative estimate of drug-likeness (QED) is 0.512. The molecule has 3 heterocycles. The lowest BCUT2D eigenvalue weighted by Gasteiger charge is -2.11. The predicted octanol–water partition coefficient (Wildman–Crippen LogP) is 1.27. The molecule has 0 bridgehead atoms. The van der Waals surface area contributed by atoms with E-state index >= 15 is 0 Å². The van der Waals surface area contributed by atoms with Crippen LogP contribution >= 0.6 is 0 Å². The van der Waals surface area contributed by atoms with Gasteiger partial charge in [0.2, 0.25) is 5.89 Å². The maximum atomic E-state index is 12.5. The van der Waals surface area contributed by atoms with E-state index in [1.807, 2.05) is 6.92 Å². The Bertz CT molecular complexity index is 1030. The molecular formula is C18H21N7O4. The van der Waals surface area contributed by atoms with Crippen LogP contribution in [0.15, 0.2) is 35.2 Å². The van der Waals surface area contributed by atoms with Crippen LogP contribution in [0.5, 0.6) is 0 Å². The van der Waals surface area contributed by atoms with Crippen LogP contribution < -0.4 is 16.4 Å². The number of carbonyl (C=O) groups excluding carboxylic acids is 2. The lowest BCUT2D eigenvalue weighted by molar-refractivity contribution is 0.0995. The first kappa shape index (κ1) is 20.0. The number of hydrogen-bond donors (Lipinski definition) is 3. The number of anilines is 2. The summed E-state index contributed by atoms with van der Waals surface area (Å²) in [5.74, 6) is -0.433. The van der Waals surface area contributed by atoms with Gasteiger partial charge in [-0.05, 0) is 19.1 Å². The van der Waals surface area contributed by atoms with Gasteiger partial charge in [0.25, 0.3) is 11.8 Å². The largest absolute Gasteiger partial charge is 0.444 e. The van der Waals surface area contributed by atoms with Crippen molar-refractivity contribution in [1.82, 2.24) is 19.7 Å². The zero-order valence-electron chi connectivity index (χ0n) is 16.2. The molecule has 3 aromatic rings. The van der Waals surface area contributed by atoms with Gasteiger partial charge < -0.3 is 25.5 Å². The SMILES string of the molecule is CO[C@H](C)CNc1cc(-c2nc(C(=O)Nc3cn(C)nc3C(N)=O)co2)ccn1. The van der Waals surface area contributed by atoms with Crippen LogP contribution in [0.1, 0.15) is 27.9 Å². The van der Waals surface area contributed by atoms with E-state index in [1.54, 1.807) is 32.5 Å². The number of oxazole rings is 1. The molecule has 3 rings (SSSR count). The van der Waals surface area contributed by atoms with Crippen molar-refractivity contribution >= 4 is 23.3 Å². The molecule has 0 aliphatic carbocycles. The third-order valence-electron chi connectivity index (χ3n) is 4.03. The Hall–Kier alpha value is -3.73. The first-order chi connectivity index (χ1) is 13.9. The number of hydrogen-bond acceptors (Lipinski definition) is 8. The highest BCUT2D eigenvalue weighted by atomic mass is 16.5. The number of aryl methyl sites for hydroxylation is 1. The minimum absolute atomic E-state index is 0.0234. The van der Waals surface area contributed by atoms with Gasteiger partial charge in [-0.2, -0.15) is 5.10 Å². The van der Waals surface area contributed by atoms with Crippen molar-refractivity contribution in [3.05, 3.63) is 42.2 Å². The molecule has 152 valence electrons. The number of nitrogens with zero attached hydrogens (tertiary/aromatic N) is 4. The molecule has 3 aromatic heterocycles. The van der Waals surface area contributed by atoms with Gasteiger partial charge in [-0.3, -0.25) is 14.3 Å². The van der Waals surface area contributed by atoms with Crippen molar-refractivity contribution in [2.24, 2.45) is 12.8 Å². The third-order valence-corrected chi connectivity index (χ3v) is 4.03. The van der Waals surface area contributed by atoms with Crippen molar-refractivity contribution in [3.63, 3.8) is 0 Å². The topological polar surface area (TPSA) is 150 Å². The molecule has 0 spiro atoms. The standard InChI is InChI=1S/C18H21N7O4/c1-10(28-3)7-21-14-6-11(4-5-20-14)18-23-13(9-29-18)17(27)22-12-8-25(2)24-15(12)16(19)26/h4-6,8-10H,7H2,1-3H3,(H2,19,26)(H,20,21)(H,22,27)/t10-/m1/s1. The van der Waals surface area contributed by atoms with Crippen molar-refractivity contribution in [3.8, 4) is 11.5 Å². The first-order valence-corrected chi connectivity index (χ1v) is 8.70. The summed E-state index contributed by atoms with van der Waals surface area (Å²) in [4.78, 5) is 32.3. The van der Waals surface area contributed by atoms with Crippen molar-refractivity contribution in [2.75, 3.05) is 24.3 Å². The molecule has 0 radical (unpaired) electrons. The molecule has 11 heteroatoms. The summed E-state index contributed by atoms with van der Waals surface area (Å²) in [5.41, 5.74) is 6.10. The molecule has 4 N–H and O–H groups in total. The highest BCUT2D eigenvalue weighted by Gasteiger charge is 2.19. The normalized spacial score (nSPS) is 11.8. The second-order valence-electron chi connectivity index (χ2n) is 6.28. The molecule has 0 aliphatic rings. The second-order valence-corrected chi connectivity index (χ2v) is 6.28. The summed E-state index contributed by atoms with van der Waals surface area (Å²) in [6.45, 7) is 2.52. The van der Waals surface area contributed by atoms with Crippen LogP contribution in [-0.4, -0.2) is 51.3 Å². The van der Waals surface area contributed by atoms with E-state index in [2.05, 4.69) is 25.7 Å². The van der Waals surface area contributed by atoms with E-state index in [0.29, 0.717) is 17.9 Å². The number of aromatic nitrogens is 4. The molecule has 0 unspecified atom stereocenters. The van der Waals surface area contributed by atoms with E-state index < -0.39 is 11.8 Å². The van der Waals surface area contributed by atoms with Crippen LogP contribution in [0.2, 0.25) is 0 Å². The van der Waals surface area contributed by atoms with Crippen LogP contribution in [0.3, 0.4) is 0 Å². The second kappa shape index (κ2) is 8.52. The first-order valence-electron chi connectivity index (χ1n) is 8.70. The summed E-state index contributed by atoms with van der Waals surface area (Å²) in [5, 5.41) is 9.63. The summed E-state index contributed by atoms with van der Waals surface area (Å²) in [6, 6.07) is 3.47. The average Bonchev–Trinajstić information content (AvgIpc) is 3.33. The van der Waals surface area contributed by atoms with E-state index in [9.17, 15) is 9.59 Å². The third kappa shape index (κ3) is 4.76. The molecule has 11 nitrogen and oxygen atoms in total. The van der Waals surface area contributed by atoms with Crippen LogP contribution in [0.4, 0.5) is 11.5 Å². The summed E-state index contributed by atoms with van der Waals surface area (Å²) >= 11 is 0. The lowest BCUT2D eigenvalue weighted by Crippen LogP contribution is -2.18. The van der Waals surface area contributed by atoms with Crippen molar-refractivity contribution in [1.29, 1.82) is 0 Å². The smallest absolute Gasteiger partial charge is 0.277 e. The van der Waals surface area contributed by atoms with E-state index in [0.717, 1.165) is 0 Å². The number of amides is 2. The van der Waals surface area contributed by atoms with Gasteiger partial charge in [0.15, 0.2) is 11.4 Å². The van der Waals surface area contributed by atoms with Gasteiger partial charge >= 0.3 is 0 Å². The van der Waals surface area contributed by atoms with Gasteiger partial charge in [-0.25, -0.2) is 9.97 Å². The highest BCUT2D eigenvalue weighted by molar-refractivity contribution is 6.07. The van der Waals surface area contributed by atoms with E-state index in [-0.39, 0.29) is 29.1 Å².